The van der Waals surface area contributed by atoms with Gasteiger partial charge in [0, 0.05) is 5.56 Å². The summed E-state index contributed by atoms with van der Waals surface area (Å²) in [5.74, 6) is -0.239. The van der Waals surface area contributed by atoms with Crippen molar-refractivity contribution in [3.05, 3.63) is 53.1 Å². The van der Waals surface area contributed by atoms with Crippen LogP contribution in [0.25, 0.3) is 11.0 Å². The van der Waals surface area contributed by atoms with Crippen molar-refractivity contribution < 1.29 is 4.79 Å². The molecule has 3 rings (SSSR count). The van der Waals surface area contributed by atoms with Crippen LogP contribution < -0.4 is 10.6 Å². The molecule has 5 nitrogen and oxygen atoms in total. The average molecular weight is 356 g/mol. The van der Waals surface area contributed by atoms with Gasteiger partial charge in [-0.15, -0.1) is 0 Å². The Morgan fingerprint density at radius 2 is 1.92 bits per heavy atom. The van der Waals surface area contributed by atoms with Gasteiger partial charge in [0.15, 0.2) is 5.11 Å². The molecule has 122 valence electrons. The molecule has 0 unspecified atom stereocenters. The second-order valence-electron chi connectivity index (χ2n) is 5.35. The van der Waals surface area contributed by atoms with E-state index in [0.717, 1.165) is 40.4 Å². The first-order valence-corrected chi connectivity index (χ1v) is 8.65. The SMILES string of the molecule is CCc1ccc(C(=O)NC(=S)Nc2c(C)ccc3nsnc23)cc1. The first-order valence-electron chi connectivity index (χ1n) is 7.51. The van der Waals surface area contributed by atoms with Crippen LogP contribution in [0.1, 0.15) is 28.4 Å². The van der Waals surface area contributed by atoms with Gasteiger partial charge < -0.3 is 5.32 Å². The van der Waals surface area contributed by atoms with E-state index in [1.54, 1.807) is 12.1 Å². The Kier molecular flexibility index (Phi) is 4.82. The summed E-state index contributed by atoms with van der Waals surface area (Å²) < 4.78 is 8.50. The lowest BCUT2D eigenvalue weighted by Gasteiger charge is -2.12. The van der Waals surface area contributed by atoms with Crippen LogP contribution in [0.4, 0.5) is 5.69 Å². The lowest BCUT2D eigenvalue weighted by atomic mass is 10.1. The maximum Gasteiger partial charge on any atom is 0.257 e. The number of amides is 1. The number of thiocarbonyl (C=S) groups is 1. The van der Waals surface area contributed by atoms with Gasteiger partial charge in [-0.2, -0.15) is 8.75 Å². The fraction of sp³-hybridized carbons (Fsp3) is 0.176. The highest BCUT2D eigenvalue weighted by Gasteiger charge is 2.12. The van der Waals surface area contributed by atoms with E-state index in [9.17, 15) is 4.79 Å². The molecule has 0 aliphatic carbocycles. The molecule has 0 saturated carbocycles. The van der Waals surface area contributed by atoms with Crippen LogP contribution >= 0.6 is 23.9 Å². The summed E-state index contributed by atoms with van der Waals surface area (Å²) in [5, 5.41) is 6.01. The summed E-state index contributed by atoms with van der Waals surface area (Å²) in [4.78, 5) is 12.3. The number of nitrogens with one attached hydrogen (secondary N) is 2. The van der Waals surface area contributed by atoms with Gasteiger partial charge in [0.25, 0.3) is 5.91 Å². The Balaban J connectivity index is 1.73. The van der Waals surface area contributed by atoms with Gasteiger partial charge in [0.2, 0.25) is 0 Å². The molecule has 3 aromatic rings. The fourth-order valence-corrected chi connectivity index (χ4v) is 3.06. The largest absolute Gasteiger partial charge is 0.330 e. The Hall–Kier alpha value is -2.38. The van der Waals surface area contributed by atoms with Crippen molar-refractivity contribution in [1.29, 1.82) is 0 Å². The first kappa shape index (κ1) is 16.5. The highest BCUT2D eigenvalue weighted by atomic mass is 32.1. The smallest absolute Gasteiger partial charge is 0.257 e. The number of hydrogen-bond donors (Lipinski definition) is 2. The van der Waals surface area contributed by atoms with E-state index < -0.39 is 0 Å². The van der Waals surface area contributed by atoms with Crippen molar-refractivity contribution in [1.82, 2.24) is 14.1 Å². The van der Waals surface area contributed by atoms with Crippen molar-refractivity contribution >= 4 is 51.7 Å². The van der Waals surface area contributed by atoms with Gasteiger partial charge in [0.05, 0.1) is 17.4 Å². The highest BCUT2D eigenvalue weighted by molar-refractivity contribution is 7.80. The summed E-state index contributed by atoms with van der Waals surface area (Å²) >= 11 is 6.42. The molecular formula is C17H16N4OS2. The van der Waals surface area contributed by atoms with Gasteiger partial charge >= 0.3 is 0 Å². The molecule has 24 heavy (non-hydrogen) atoms. The molecule has 0 saturated heterocycles. The maximum atomic E-state index is 12.3. The molecule has 2 N–H and O–H groups in total. The van der Waals surface area contributed by atoms with Gasteiger partial charge in [0.1, 0.15) is 11.0 Å². The second kappa shape index (κ2) is 7.02. The molecule has 1 amide bonds. The van der Waals surface area contributed by atoms with Crippen LogP contribution in [0.2, 0.25) is 0 Å². The molecule has 0 aliphatic heterocycles. The van der Waals surface area contributed by atoms with Crippen molar-refractivity contribution in [2.75, 3.05) is 5.32 Å². The zero-order valence-electron chi connectivity index (χ0n) is 13.3. The summed E-state index contributed by atoms with van der Waals surface area (Å²) in [6, 6.07) is 11.3. The molecule has 1 heterocycles. The van der Waals surface area contributed by atoms with Crippen LogP contribution in [-0.2, 0) is 6.42 Å². The number of carbonyl (C=O) groups is 1. The summed E-state index contributed by atoms with van der Waals surface area (Å²) in [7, 11) is 0. The molecule has 0 bridgehead atoms. The lowest BCUT2D eigenvalue weighted by Crippen LogP contribution is -2.34. The topological polar surface area (TPSA) is 66.9 Å². The number of rotatable bonds is 3. The molecule has 0 fully saturated rings. The van der Waals surface area contributed by atoms with E-state index in [-0.39, 0.29) is 11.0 Å². The van der Waals surface area contributed by atoms with Gasteiger partial charge in [-0.25, -0.2) is 0 Å². The predicted octanol–water partition coefficient (Wildman–Crippen LogP) is 3.69. The van der Waals surface area contributed by atoms with E-state index >= 15 is 0 Å². The Morgan fingerprint density at radius 3 is 2.62 bits per heavy atom. The van der Waals surface area contributed by atoms with Gasteiger partial charge in [-0.1, -0.05) is 25.1 Å². The molecule has 7 heteroatoms. The number of nitrogens with zero attached hydrogens (tertiary/aromatic N) is 2. The molecule has 0 aliphatic rings. The molecular weight excluding hydrogens is 340 g/mol. The zero-order chi connectivity index (χ0) is 17.1. The molecule has 1 aromatic heterocycles. The van der Waals surface area contributed by atoms with Crippen molar-refractivity contribution in [2.24, 2.45) is 0 Å². The number of carbonyl (C=O) groups excluding carboxylic acids is 1. The number of fused-ring (bicyclic) bond motifs is 1. The minimum Gasteiger partial charge on any atom is -0.330 e. The lowest BCUT2D eigenvalue weighted by molar-refractivity contribution is 0.0977. The molecule has 0 atom stereocenters. The van der Waals surface area contributed by atoms with Crippen LogP contribution in [-0.4, -0.2) is 19.8 Å². The minimum atomic E-state index is -0.239. The van der Waals surface area contributed by atoms with E-state index in [4.69, 9.17) is 12.2 Å². The van der Waals surface area contributed by atoms with E-state index in [2.05, 4.69) is 26.3 Å². The normalized spacial score (nSPS) is 10.6. The number of benzene rings is 2. The van der Waals surface area contributed by atoms with Gasteiger partial charge in [-0.05, 0) is 54.9 Å². The van der Waals surface area contributed by atoms with Crippen molar-refractivity contribution in [3.8, 4) is 0 Å². The Labute approximate surface area is 149 Å². The number of anilines is 1. The zero-order valence-corrected chi connectivity index (χ0v) is 14.9. The third kappa shape index (κ3) is 3.42. The monoisotopic (exact) mass is 356 g/mol. The van der Waals surface area contributed by atoms with Crippen molar-refractivity contribution in [3.63, 3.8) is 0 Å². The fourth-order valence-electron chi connectivity index (χ4n) is 2.32. The quantitative estimate of drug-likeness (QED) is 0.701. The van der Waals surface area contributed by atoms with Gasteiger partial charge in [-0.3, -0.25) is 10.1 Å². The maximum absolute atomic E-state index is 12.3. The molecule has 2 aromatic carbocycles. The van der Waals surface area contributed by atoms with E-state index in [0.29, 0.717) is 5.56 Å². The van der Waals surface area contributed by atoms with Crippen LogP contribution in [0.5, 0.6) is 0 Å². The summed E-state index contributed by atoms with van der Waals surface area (Å²) in [5.41, 5.74) is 5.07. The highest BCUT2D eigenvalue weighted by Crippen LogP contribution is 2.25. The Bertz CT molecular complexity index is 903. The third-order valence-corrected chi connectivity index (χ3v) is 4.47. The second-order valence-corrected chi connectivity index (χ2v) is 6.28. The van der Waals surface area contributed by atoms with Crippen molar-refractivity contribution in [2.45, 2.75) is 20.3 Å². The van der Waals surface area contributed by atoms with E-state index in [1.807, 2.05) is 31.2 Å². The molecule has 0 spiro atoms. The minimum absolute atomic E-state index is 0.239. The number of aryl methyl sites for hydroxylation is 2. The van der Waals surface area contributed by atoms with Crippen LogP contribution in [0.15, 0.2) is 36.4 Å². The number of aromatic nitrogens is 2. The standard InChI is InChI=1S/C17H16N4OS2/c1-3-11-5-7-12(8-6-11)16(22)19-17(23)18-14-10(2)4-9-13-15(14)21-24-20-13/h4-9H,3H2,1-2H3,(H2,18,19,22,23). The summed E-state index contributed by atoms with van der Waals surface area (Å²) in [6.45, 7) is 4.03. The third-order valence-electron chi connectivity index (χ3n) is 3.73. The summed E-state index contributed by atoms with van der Waals surface area (Å²) in [6.07, 6.45) is 0.937. The van der Waals surface area contributed by atoms with E-state index in [1.165, 1.54) is 5.56 Å². The van der Waals surface area contributed by atoms with Crippen LogP contribution in [0, 0.1) is 6.92 Å². The number of hydrogen-bond acceptors (Lipinski definition) is 5. The van der Waals surface area contributed by atoms with Crippen LogP contribution in [0.3, 0.4) is 0 Å². The Morgan fingerprint density at radius 1 is 1.17 bits per heavy atom. The molecule has 0 radical (unpaired) electrons. The average Bonchev–Trinajstić information content (AvgIpc) is 3.06. The first-order chi connectivity index (χ1) is 11.6. The predicted molar refractivity (Wildman–Crippen MR) is 102 cm³/mol.